The van der Waals surface area contributed by atoms with E-state index in [-0.39, 0.29) is 5.56 Å². The van der Waals surface area contributed by atoms with Crippen LogP contribution in [0.4, 0.5) is 5.69 Å². The molecule has 3 aromatic rings. The molecular formula is C25H21NO5. The van der Waals surface area contributed by atoms with Gasteiger partial charge in [0, 0.05) is 41.5 Å². The van der Waals surface area contributed by atoms with Gasteiger partial charge in [0.25, 0.3) is 0 Å². The lowest BCUT2D eigenvalue weighted by atomic mass is 9.77. The van der Waals surface area contributed by atoms with Gasteiger partial charge in [0.1, 0.15) is 11.5 Å². The summed E-state index contributed by atoms with van der Waals surface area (Å²) in [5, 5.41) is 9.56. The maximum absolute atomic E-state index is 12.9. The van der Waals surface area contributed by atoms with Crippen molar-refractivity contribution in [2.75, 3.05) is 18.0 Å². The lowest BCUT2D eigenvalue weighted by Gasteiger charge is -2.37. The van der Waals surface area contributed by atoms with Gasteiger partial charge in [-0.3, -0.25) is 0 Å². The number of carbonyl (C=O) groups is 2. The largest absolute Gasteiger partial charge is 0.478 e. The Kier molecular flexibility index (Phi) is 4.25. The Morgan fingerprint density at radius 3 is 2.45 bits per heavy atom. The van der Waals surface area contributed by atoms with Crippen LogP contribution in [0.2, 0.25) is 0 Å². The molecule has 0 aromatic heterocycles. The molecule has 6 heteroatoms. The van der Waals surface area contributed by atoms with Crippen LogP contribution >= 0.6 is 0 Å². The first-order valence-electron chi connectivity index (χ1n) is 10.3. The zero-order chi connectivity index (χ0) is 21.8. The van der Waals surface area contributed by atoms with Crippen LogP contribution in [0.15, 0.2) is 60.7 Å². The molecule has 3 aromatic carbocycles. The van der Waals surface area contributed by atoms with Gasteiger partial charge in [-0.25, -0.2) is 9.59 Å². The van der Waals surface area contributed by atoms with Crippen LogP contribution in [-0.4, -0.2) is 30.1 Å². The molecule has 1 N–H and O–H groups in total. The Bertz CT molecular complexity index is 1230. The average molecular weight is 415 g/mol. The fourth-order valence-corrected chi connectivity index (χ4v) is 4.58. The molecule has 31 heavy (non-hydrogen) atoms. The number of carbonyl (C=O) groups excluding carboxylic acids is 1. The fourth-order valence-electron chi connectivity index (χ4n) is 4.58. The molecule has 1 unspecified atom stereocenters. The van der Waals surface area contributed by atoms with E-state index in [1.807, 2.05) is 30.3 Å². The predicted octanol–water partition coefficient (Wildman–Crippen LogP) is 4.80. The minimum absolute atomic E-state index is 0.102. The zero-order valence-corrected chi connectivity index (χ0v) is 17.2. The second-order valence-corrected chi connectivity index (χ2v) is 7.59. The standard InChI is InChI=1S/C25H21NO5/c1-3-26(4-2)16-10-11-19-22(14-16)30-21-12-9-15(23(27)28)13-20(21)25(19)18-8-6-5-7-17(18)24(29)31-25/h5-14H,3-4H2,1-2H3,(H,27,28). The molecular weight excluding hydrogens is 394 g/mol. The van der Waals surface area contributed by atoms with Crippen LogP contribution in [0, 0.1) is 0 Å². The lowest BCUT2D eigenvalue weighted by Crippen LogP contribution is -2.33. The second-order valence-electron chi connectivity index (χ2n) is 7.59. The van der Waals surface area contributed by atoms with Gasteiger partial charge < -0.3 is 19.5 Å². The number of esters is 1. The first-order chi connectivity index (χ1) is 15.0. The molecule has 0 fully saturated rings. The summed E-state index contributed by atoms with van der Waals surface area (Å²) >= 11 is 0. The van der Waals surface area contributed by atoms with Crippen LogP contribution in [0.5, 0.6) is 11.5 Å². The van der Waals surface area contributed by atoms with Gasteiger partial charge >= 0.3 is 11.9 Å². The normalized spacial score (nSPS) is 17.9. The van der Waals surface area contributed by atoms with Crippen LogP contribution in [0.3, 0.4) is 0 Å². The maximum Gasteiger partial charge on any atom is 0.340 e. The lowest BCUT2D eigenvalue weighted by molar-refractivity contribution is 0.0224. The number of hydrogen-bond donors (Lipinski definition) is 1. The molecule has 0 saturated carbocycles. The molecule has 5 rings (SSSR count). The Balaban J connectivity index is 1.81. The van der Waals surface area contributed by atoms with Gasteiger partial charge in [-0.2, -0.15) is 0 Å². The van der Waals surface area contributed by atoms with Crippen molar-refractivity contribution in [3.8, 4) is 11.5 Å². The van der Waals surface area contributed by atoms with Gasteiger partial charge in [0.15, 0.2) is 5.60 Å². The van der Waals surface area contributed by atoms with E-state index in [1.54, 1.807) is 18.2 Å². The number of nitrogens with zero attached hydrogens (tertiary/aromatic N) is 1. The molecule has 1 spiro atoms. The van der Waals surface area contributed by atoms with Gasteiger partial charge in [-0.15, -0.1) is 0 Å². The highest BCUT2D eigenvalue weighted by Crippen LogP contribution is 2.56. The SMILES string of the molecule is CCN(CC)c1ccc2c(c1)Oc1ccc(C(=O)O)cc1C21OC(=O)c2ccccc21. The number of anilines is 1. The minimum atomic E-state index is -1.26. The predicted molar refractivity (Wildman–Crippen MR) is 115 cm³/mol. The number of aromatic carboxylic acids is 1. The van der Waals surface area contributed by atoms with E-state index in [9.17, 15) is 14.7 Å². The molecule has 1 atom stereocenters. The summed E-state index contributed by atoms with van der Waals surface area (Å²) in [6, 6.07) is 17.7. The number of carboxylic acid groups (broad SMARTS) is 1. The summed E-state index contributed by atoms with van der Waals surface area (Å²) in [7, 11) is 0. The third kappa shape index (κ3) is 2.64. The van der Waals surface area contributed by atoms with E-state index in [0.29, 0.717) is 33.8 Å². The van der Waals surface area contributed by atoms with Crippen molar-refractivity contribution in [2.45, 2.75) is 19.4 Å². The first-order valence-corrected chi connectivity index (χ1v) is 10.3. The van der Waals surface area contributed by atoms with Gasteiger partial charge in [0.2, 0.25) is 0 Å². The van der Waals surface area contributed by atoms with Crippen molar-refractivity contribution in [3.05, 3.63) is 88.5 Å². The monoisotopic (exact) mass is 415 g/mol. The molecule has 0 aliphatic carbocycles. The molecule has 0 radical (unpaired) electrons. The number of carboxylic acids is 1. The highest BCUT2D eigenvalue weighted by atomic mass is 16.6. The number of rotatable bonds is 4. The first kappa shape index (κ1) is 19.2. The van der Waals surface area contributed by atoms with Crippen LogP contribution < -0.4 is 9.64 Å². The maximum atomic E-state index is 12.9. The summed E-state index contributed by atoms with van der Waals surface area (Å²) in [4.78, 5) is 26.7. The van der Waals surface area contributed by atoms with E-state index >= 15 is 0 Å². The number of benzene rings is 3. The van der Waals surface area contributed by atoms with E-state index in [1.165, 1.54) is 12.1 Å². The van der Waals surface area contributed by atoms with E-state index in [4.69, 9.17) is 9.47 Å². The summed E-state index contributed by atoms with van der Waals surface area (Å²) in [6.45, 7) is 5.86. The molecule has 6 nitrogen and oxygen atoms in total. The summed E-state index contributed by atoms with van der Waals surface area (Å²) in [5.41, 5.74) is 2.18. The second kappa shape index (κ2) is 6.87. The highest BCUT2D eigenvalue weighted by Gasteiger charge is 2.53. The summed E-state index contributed by atoms with van der Waals surface area (Å²) in [6.07, 6.45) is 0. The smallest absolute Gasteiger partial charge is 0.340 e. The van der Waals surface area contributed by atoms with Crippen LogP contribution in [0.25, 0.3) is 0 Å². The zero-order valence-electron chi connectivity index (χ0n) is 17.2. The Morgan fingerprint density at radius 2 is 1.71 bits per heavy atom. The summed E-state index contributed by atoms with van der Waals surface area (Å²) < 4.78 is 12.3. The van der Waals surface area contributed by atoms with E-state index in [2.05, 4.69) is 18.7 Å². The number of ether oxygens (including phenoxy) is 2. The fraction of sp³-hybridized carbons (Fsp3) is 0.200. The molecule has 2 aliphatic heterocycles. The van der Waals surface area contributed by atoms with Crippen molar-refractivity contribution >= 4 is 17.6 Å². The van der Waals surface area contributed by atoms with Gasteiger partial charge in [-0.05, 0) is 50.2 Å². The topological polar surface area (TPSA) is 76.1 Å². The molecule has 156 valence electrons. The quantitative estimate of drug-likeness (QED) is 0.617. The molecule has 2 aliphatic rings. The van der Waals surface area contributed by atoms with Crippen molar-refractivity contribution in [1.82, 2.24) is 0 Å². The van der Waals surface area contributed by atoms with Crippen molar-refractivity contribution in [1.29, 1.82) is 0 Å². The minimum Gasteiger partial charge on any atom is -0.478 e. The van der Waals surface area contributed by atoms with Crippen molar-refractivity contribution < 1.29 is 24.2 Å². The van der Waals surface area contributed by atoms with Crippen molar-refractivity contribution in [3.63, 3.8) is 0 Å². The third-order valence-corrected chi connectivity index (χ3v) is 6.07. The summed E-state index contributed by atoms with van der Waals surface area (Å²) in [5.74, 6) is -0.440. The van der Waals surface area contributed by atoms with Crippen LogP contribution in [0.1, 0.15) is 51.3 Å². The molecule has 0 saturated heterocycles. The van der Waals surface area contributed by atoms with Gasteiger partial charge in [-0.1, -0.05) is 18.2 Å². The Hall–Kier alpha value is -3.80. The van der Waals surface area contributed by atoms with E-state index in [0.717, 1.165) is 18.8 Å². The van der Waals surface area contributed by atoms with Crippen LogP contribution in [-0.2, 0) is 10.3 Å². The molecule has 0 bridgehead atoms. The van der Waals surface area contributed by atoms with E-state index < -0.39 is 17.5 Å². The Labute approximate surface area is 179 Å². The Morgan fingerprint density at radius 1 is 0.935 bits per heavy atom. The molecule has 0 amide bonds. The third-order valence-electron chi connectivity index (χ3n) is 6.07. The highest BCUT2D eigenvalue weighted by molar-refractivity contribution is 5.97. The number of fused-ring (bicyclic) bond motifs is 6. The number of hydrogen-bond acceptors (Lipinski definition) is 5. The van der Waals surface area contributed by atoms with Gasteiger partial charge in [0.05, 0.1) is 11.1 Å². The van der Waals surface area contributed by atoms with Crippen molar-refractivity contribution in [2.24, 2.45) is 0 Å². The molecule has 2 heterocycles. The average Bonchev–Trinajstić information content (AvgIpc) is 3.08.